The third-order valence-corrected chi connectivity index (χ3v) is 4.52. The fourth-order valence-electron chi connectivity index (χ4n) is 3.20. The second kappa shape index (κ2) is 6.35. The maximum atomic E-state index is 5.97. The van der Waals surface area contributed by atoms with Crippen molar-refractivity contribution in [2.75, 3.05) is 0 Å². The molecular weight excluding hydrogens is 303 g/mol. The molecule has 1 aromatic heterocycles. The van der Waals surface area contributed by atoms with E-state index in [1.165, 1.54) is 11.1 Å². The topological polar surface area (TPSA) is 24.9 Å². The molecule has 0 unspecified atom stereocenters. The Kier molecular flexibility index (Phi) is 4.92. The van der Waals surface area contributed by atoms with E-state index in [1.807, 2.05) is 24.5 Å². The van der Waals surface area contributed by atoms with Gasteiger partial charge < -0.3 is 5.32 Å². The molecule has 4 heteroatoms. The first-order chi connectivity index (χ1) is 9.56. The number of hydrogen-bond acceptors (Lipinski definition) is 2. The van der Waals surface area contributed by atoms with Crippen molar-refractivity contribution in [3.63, 3.8) is 0 Å². The van der Waals surface area contributed by atoms with E-state index in [-0.39, 0.29) is 17.9 Å². The largest absolute Gasteiger partial charge is 0.304 e. The lowest BCUT2D eigenvalue weighted by molar-refractivity contribution is 0.397. The lowest BCUT2D eigenvalue weighted by Gasteiger charge is -2.27. The molecule has 1 saturated heterocycles. The van der Waals surface area contributed by atoms with Gasteiger partial charge in [-0.15, -0.1) is 12.4 Å². The first-order valence-electron chi connectivity index (χ1n) is 6.99. The second-order valence-corrected chi connectivity index (χ2v) is 6.48. The third-order valence-electron chi connectivity index (χ3n) is 4.27. The van der Waals surface area contributed by atoms with Gasteiger partial charge in [0.15, 0.2) is 0 Å². The van der Waals surface area contributed by atoms with E-state index < -0.39 is 0 Å². The number of pyridine rings is 1. The molecule has 1 aliphatic heterocycles. The van der Waals surface area contributed by atoms with Gasteiger partial charge in [0.2, 0.25) is 0 Å². The van der Waals surface area contributed by atoms with Gasteiger partial charge in [-0.05, 0) is 55.7 Å². The minimum atomic E-state index is 0. The molecule has 0 aliphatic carbocycles. The van der Waals surface area contributed by atoms with E-state index >= 15 is 0 Å². The van der Waals surface area contributed by atoms with E-state index in [1.54, 1.807) is 0 Å². The molecule has 1 aliphatic rings. The standard InChI is InChI=1S/C17H19ClN2.ClH/c1-17(2)15(12-7-9-19-10-8-12)11-16(20-17)13-3-5-14(18)6-4-13;/h3-10,15-16,20H,11H2,1-2H3;1H/t15-,16+;/m0./s1. The van der Waals surface area contributed by atoms with E-state index in [0.29, 0.717) is 12.0 Å². The van der Waals surface area contributed by atoms with Crippen LogP contribution in [0, 0.1) is 0 Å². The molecule has 0 spiro atoms. The Bertz CT molecular complexity index is 581. The van der Waals surface area contributed by atoms with Crippen LogP contribution in [-0.2, 0) is 0 Å². The highest BCUT2D eigenvalue weighted by Gasteiger charge is 2.40. The quantitative estimate of drug-likeness (QED) is 0.862. The summed E-state index contributed by atoms with van der Waals surface area (Å²) < 4.78 is 0. The van der Waals surface area contributed by atoms with E-state index in [2.05, 4.69) is 48.4 Å². The SMILES string of the molecule is CC1(C)N[C@@H](c2ccc(Cl)cc2)C[C@H]1c1ccncc1.Cl. The van der Waals surface area contributed by atoms with Crippen molar-refractivity contribution in [3.05, 3.63) is 64.9 Å². The van der Waals surface area contributed by atoms with E-state index in [4.69, 9.17) is 11.6 Å². The van der Waals surface area contributed by atoms with Crippen LogP contribution in [0.15, 0.2) is 48.8 Å². The van der Waals surface area contributed by atoms with Crippen LogP contribution in [0.5, 0.6) is 0 Å². The number of hydrogen-bond donors (Lipinski definition) is 1. The molecular formula is C17H20Cl2N2. The molecule has 1 fully saturated rings. The number of nitrogens with zero attached hydrogens (tertiary/aromatic N) is 1. The van der Waals surface area contributed by atoms with Crippen LogP contribution < -0.4 is 5.32 Å². The Morgan fingerprint density at radius 3 is 2.29 bits per heavy atom. The maximum absolute atomic E-state index is 5.97. The number of nitrogens with one attached hydrogen (secondary N) is 1. The van der Waals surface area contributed by atoms with Crippen molar-refractivity contribution in [2.45, 2.75) is 37.8 Å². The van der Waals surface area contributed by atoms with Crippen molar-refractivity contribution in [1.29, 1.82) is 0 Å². The molecule has 2 atom stereocenters. The highest BCUT2D eigenvalue weighted by molar-refractivity contribution is 6.30. The smallest absolute Gasteiger partial charge is 0.0406 e. The van der Waals surface area contributed by atoms with Crippen molar-refractivity contribution in [3.8, 4) is 0 Å². The molecule has 0 bridgehead atoms. The lowest BCUT2D eigenvalue weighted by Crippen LogP contribution is -2.37. The first-order valence-corrected chi connectivity index (χ1v) is 7.37. The van der Waals surface area contributed by atoms with Crippen molar-refractivity contribution < 1.29 is 0 Å². The minimum absolute atomic E-state index is 0. The summed E-state index contributed by atoms with van der Waals surface area (Å²) in [5, 5.41) is 4.54. The molecule has 21 heavy (non-hydrogen) atoms. The highest BCUT2D eigenvalue weighted by atomic mass is 35.5. The van der Waals surface area contributed by atoms with Crippen LogP contribution in [0.4, 0.5) is 0 Å². The number of rotatable bonds is 2. The zero-order valence-corrected chi connectivity index (χ0v) is 13.8. The molecule has 2 heterocycles. The van der Waals surface area contributed by atoms with Crippen LogP contribution in [0.25, 0.3) is 0 Å². The summed E-state index contributed by atoms with van der Waals surface area (Å²) in [6.45, 7) is 4.54. The molecule has 112 valence electrons. The van der Waals surface area contributed by atoms with Gasteiger partial charge in [-0.2, -0.15) is 0 Å². The van der Waals surface area contributed by atoms with Crippen molar-refractivity contribution >= 4 is 24.0 Å². The first kappa shape index (κ1) is 16.3. The fraction of sp³-hybridized carbons (Fsp3) is 0.353. The summed E-state index contributed by atoms with van der Waals surface area (Å²) in [7, 11) is 0. The van der Waals surface area contributed by atoms with Gasteiger partial charge in [0.05, 0.1) is 0 Å². The summed E-state index contributed by atoms with van der Waals surface area (Å²) in [5.74, 6) is 0.492. The molecule has 0 saturated carbocycles. The number of halogens is 2. The highest BCUT2D eigenvalue weighted by Crippen LogP contribution is 2.43. The maximum Gasteiger partial charge on any atom is 0.0406 e. The van der Waals surface area contributed by atoms with Crippen molar-refractivity contribution in [2.24, 2.45) is 0 Å². The van der Waals surface area contributed by atoms with Gasteiger partial charge in [0.1, 0.15) is 0 Å². The number of aromatic nitrogens is 1. The normalized spacial score (nSPS) is 23.6. The molecule has 2 aromatic rings. The Balaban J connectivity index is 0.00000161. The molecule has 1 aromatic carbocycles. The third kappa shape index (κ3) is 3.39. The molecule has 3 rings (SSSR count). The minimum Gasteiger partial charge on any atom is -0.304 e. The zero-order valence-electron chi connectivity index (χ0n) is 12.2. The summed E-state index contributed by atoms with van der Waals surface area (Å²) >= 11 is 5.97. The van der Waals surface area contributed by atoms with Crippen LogP contribution in [0.2, 0.25) is 5.02 Å². The molecule has 2 nitrogen and oxygen atoms in total. The Morgan fingerprint density at radius 1 is 1.05 bits per heavy atom. The van der Waals surface area contributed by atoms with Crippen LogP contribution >= 0.6 is 24.0 Å². The average Bonchev–Trinajstić information content (AvgIpc) is 2.76. The van der Waals surface area contributed by atoms with E-state index in [0.717, 1.165) is 11.4 Å². The van der Waals surface area contributed by atoms with Crippen molar-refractivity contribution in [1.82, 2.24) is 10.3 Å². The summed E-state index contributed by atoms with van der Waals surface area (Å²) in [6.07, 6.45) is 4.85. The van der Waals surface area contributed by atoms with Crippen LogP contribution in [0.3, 0.4) is 0 Å². The molecule has 0 radical (unpaired) electrons. The van der Waals surface area contributed by atoms with Gasteiger partial charge >= 0.3 is 0 Å². The van der Waals surface area contributed by atoms with Gasteiger partial charge in [-0.1, -0.05) is 23.7 Å². The second-order valence-electron chi connectivity index (χ2n) is 6.04. The Hall–Kier alpha value is -1.09. The molecule has 1 N–H and O–H groups in total. The monoisotopic (exact) mass is 322 g/mol. The Morgan fingerprint density at radius 2 is 1.67 bits per heavy atom. The average molecular weight is 323 g/mol. The number of benzene rings is 1. The van der Waals surface area contributed by atoms with Gasteiger partial charge in [0.25, 0.3) is 0 Å². The summed E-state index contributed by atoms with van der Waals surface area (Å²) in [5.41, 5.74) is 2.74. The zero-order chi connectivity index (χ0) is 14.2. The van der Waals surface area contributed by atoms with Gasteiger partial charge in [-0.3, -0.25) is 4.98 Å². The van der Waals surface area contributed by atoms with Crippen LogP contribution in [-0.4, -0.2) is 10.5 Å². The Labute approximate surface area is 137 Å². The summed E-state index contributed by atoms with van der Waals surface area (Å²) in [4.78, 5) is 4.12. The molecule has 0 amide bonds. The lowest BCUT2D eigenvalue weighted by atomic mass is 9.83. The predicted octanol–water partition coefficient (Wildman–Crippen LogP) is 4.75. The van der Waals surface area contributed by atoms with Crippen LogP contribution in [0.1, 0.15) is 43.4 Å². The fourth-order valence-corrected chi connectivity index (χ4v) is 3.33. The van der Waals surface area contributed by atoms with Gasteiger partial charge in [-0.25, -0.2) is 0 Å². The predicted molar refractivity (Wildman–Crippen MR) is 90.3 cm³/mol. The van der Waals surface area contributed by atoms with E-state index in [9.17, 15) is 0 Å². The summed E-state index contributed by atoms with van der Waals surface area (Å²) in [6, 6.07) is 12.8. The van der Waals surface area contributed by atoms with Gasteiger partial charge in [0, 0.05) is 34.9 Å².